The van der Waals surface area contributed by atoms with Gasteiger partial charge in [-0.05, 0) is 19.1 Å². The van der Waals surface area contributed by atoms with E-state index in [-0.39, 0.29) is 4.90 Å². The fourth-order valence-corrected chi connectivity index (χ4v) is 1.92. The van der Waals surface area contributed by atoms with Crippen LogP contribution in [0.4, 0.5) is 4.39 Å². The molecule has 6 heteroatoms. The van der Waals surface area contributed by atoms with Crippen molar-refractivity contribution < 1.29 is 22.1 Å². The van der Waals surface area contributed by atoms with Gasteiger partial charge in [0, 0.05) is 0 Å². The number of aryl methyl sites for hydroxylation is 1. The highest BCUT2D eigenvalue weighted by molar-refractivity contribution is 7.86. The lowest BCUT2D eigenvalue weighted by atomic mass is 10.2. The molecular formula is C10H13FO4S. The predicted octanol–water partition coefficient (Wildman–Crippen LogP) is 1.03. The Morgan fingerprint density at radius 2 is 1.94 bits per heavy atom. The van der Waals surface area contributed by atoms with E-state index >= 15 is 0 Å². The van der Waals surface area contributed by atoms with Gasteiger partial charge in [-0.15, -0.1) is 0 Å². The van der Waals surface area contributed by atoms with Crippen LogP contribution in [-0.4, -0.2) is 32.9 Å². The van der Waals surface area contributed by atoms with E-state index in [0.717, 1.165) is 5.56 Å². The van der Waals surface area contributed by atoms with Crippen molar-refractivity contribution in [1.82, 2.24) is 0 Å². The quantitative estimate of drug-likeness (QED) is 0.790. The Morgan fingerprint density at radius 3 is 2.44 bits per heavy atom. The van der Waals surface area contributed by atoms with Gasteiger partial charge < -0.3 is 5.11 Å². The molecule has 0 aromatic heterocycles. The van der Waals surface area contributed by atoms with Crippen LogP contribution in [0.15, 0.2) is 29.2 Å². The highest BCUT2D eigenvalue weighted by Gasteiger charge is 2.17. The molecule has 0 amide bonds. The smallest absolute Gasteiger partial charge is 0.297 e. The van der Waals surface area contributed by atoms with E-state index in [1.165, 1.54) is 12.1 Å². The Balaban J connectivity index is 2.74. The molecule has 0 radical (unpaired) electrons. The summed E-state index contributed by atoms with van der Waals surface area (Å²) in [4.78, 5) is -0.0248. The summed E-state index contributed by atoms with van der Waals surface area (Å²) in [6, 6.07) is 6.01. The minimum Gasteiger partial charge on any atom is -0.393 e. The van der Waals surface area contributed by atoms with E-state index in [0.29, 0.717) is 0 Å². The molecule has 1 rings (SSSR count). The number of hydrogen-bond acceptors (Lipinski definition) is 4. The largest absolute Gasteiger partial charge is 0.393 e. The van der Waals surface area contributed by atoms with Crippen LogP contribution < -0.4 is 0 Å². The van der Waals surface area contributed by atoms with Crippen LogP contribution in [0.3, 0.4) is 0 Å². The van der Waals surface area contributed by atoms with Gasteiger partial charge in [-0.25, -0.2) is 4.39 Å². The fraction of sp³-hybridized carbons (Fsp3) is 0.400. The van der Waals surface area contributed by atoms with Crippen LogP contribution in [0.25, 0.3) is 0 Å². The Hall–Kier alpha value is -0.980. The highest BCUT2D eigenvalue weighted by Crippen LogP contribution is 2.13. The van der Waals surface area contributed by atoms with Crippen molar-refractivity contribution in [1.29, 1.82) is 0 Å². The summed E-state index contributed by atoms with van der Waals surface area (Å²) in [5, 5.41) is 8.39. The first kappa shape index (κ1) is 13.1. The number of hydrogen-bond donors (Lipinski definition) is 1. The van der Waals surface area contributed by atoms with E-state index in [2.05, 4.69) is 4.18 Å². The first-order chi connectivity index (χ1) is 7.45. The Kier molecular flexibility index (Phi) is 4.40. The van der Waals surface area contributed by atoms with Gasteiger partial charge >= 0.3 is 0 Å². The maximum Gasteiger partial charge on any atom is 0.297 e. The zero-order valence-corrected chi connectivity index (χ0v) is 9.58. The van der Waals surface area contributed by atoms with E-state index in [4.69, 9.17) is 5.11 Å². The maximum atomic E-state index is 12.6. The van der Waals surface area contributed by atoms with Crippen molar-refractivity contribution in [2.75, 3.05) is 13.2 Å². The molecule has 0 saturated heterocycles. The van der Waals surface area contributed by atoms with Crippen molar-refractivity contribution in [3.8, 4) is 0 Å². The van der Waals surface area contributed by atoms with Crippen molar-refractivity contribution in [2.24, 2.45) is 0 Å². The molecule has 1 aromatic carbocycles. The number of aliphatic hydroxyl groups is 1. The summed E-state index contributed by atoms with van der Waals surface area (Å²) in [5.41, 5.74) is 0.915. The minimum atomic E-state index is -3.93. The Bertz CT molecular complexity index is 427. The van der Waals surface area contributed by atoms with Crippen LogP contribution >= 0.6 is 0 Å². The van der Waals surface area contributed by atoms with Gasteiger partial charge in [-0.2, -0.15) is 8.42 Å². The predicted molar refractivity (Wildman–Crippen MR) is 56.3 cm³/mol. The maximum absolute atomic E-state index is 12.6. The average Bonchev–Trinajstić information content (AvgIpc) is 2.26. The third-order valence-electron chi connectivity index (χ3n) is 1.91. The second-order valence-electron chi connectivity index (χ2n) is 3.33. The van der Waals surface area contributed by atoms with Crippen LogP contribution in [-0.2, 0) is 14.3 Å². The molecule has 1 unspecified atom stereocenters. The summed E-state index contributed by atoms with van der Waals surface area (Å²) in [5.74, 6) is 0. The highest BCUT2D eigenvalue weighted by atomic mass is 32.2. The molecule has 0 spiro atoms. The number of alkyl halides is 1. The summed E-state index contributed by atoms with van der Waals surface area (Å²) >= 11 is 0. The lowest BCUT2D eigenvalue weighted by Crippen LogP contribution is -2.18. The molecule has 0 fully saturated rings. The third-order valence-corrected chi connectivity index (χ3v) is 3.21. The van der Waals surface area contributed by atoms with Crippen molar-refractivity contribution in [2.45, 2.75) is 18.0 Å². The summed E-state index contributed by atoms with van der Waals surface area (Å²) < 4.78 is 40.0. The lowest BCUT2D eigenvalue weighted by molar-refractivity contribution is 0.126. The van der Waals surface area contributed by atoms with Gasteiger partial charge in [-0.3, -0.25) is 4.18 Å². The molecule has 1 aromatic rings. The zero-order valence-electron chi connectivity index (χ0n) is 8.76. The molecule has 16 heavy (non-hydrogen) atoms. The SMILES string of the molecule is Cc1ccc(S(=O)(=O)OCC(F)CO)cc1. The van der Waals surface area contributed by atoms with Gasteiger partial charge in [0.25, 0.3) is 10.1 Å². The van der Waals surface area contributed by atoms with E-state index in [1.54, 1.807) is 12.1 Å². The Morgan fingerprint density at radius 1 is 1.38 bits per heavy atom. The van der Waals surface area contributed by atoms with Gasteiger partial charge in [0.1, 0.15) is 12.8 Å². The van der Waals surface area contributed by atoms with Crippen LogP contribution in [0.5, 0.6) is 0 Å². The minimum absolute atomic E-state index is 0.0248. The van der Waals surface area contributed by atoms with Crippen molar-refractivity contribution >= 4 is 10.1 Å². The molecule has 0 bridgehead atoms. The van der Waals surface area contributed by atoms with Gasteiger partial charge in [0.05, 0.1) is 11.5 Å². The van der Waals surface area contributed by atoms with E-state index in [9.17, 15) is 12.8 Å². The molecular weight excluding hydrogens is 235 g/mol. The summed E-state index contributed by atoms with van der Waals surface area (Å²) in [6.45, 7) is 0.386. The normalized spacial score (nSPS) is 13.7. The molecule has 0 aliphatic heterocycles. The van der Waals surface area contributed by atoms with Crippen LogP contribution in [0.2, 0.25) is 0 Å². The monoisotopic (exact) mass is 248 g/mol. The van der Waals surface area contributed by atoms with Gasteiger partial charge in [-0.1, -0.05) is 17.7 Å². The average molecular weight is 248 g/mol. The molecule has 0 aliphatic rings. The van der Waals surface area contributed by atoms with Crippen LogP contribution in [0, 0.1) is 6.92 Å². The number of halogens is 1. The molecule has 0 heterocycles. The second-order valence-corrected chi connectivity index (χ2v) is 4.95. The fourth-order valence-electron chi connectivity index (χ4n) is 0.989. The van der Waals surface area contributed by atoms with Crippen molar-refractivity contribution in [3.63, 3.8) is 0 Å². The summed E-state index contributed by atoms with van der Waals surface area (Å²) in [7, 11) is -3.93. The first-order valence-electron chi connectivity index (χ1n) is 4.67. The van der Waals surface area contributed by atoms with E-state index < -0.39 is 29.5 Å². The van der Waals surface area contributed by atoms with Gasteiger partial charge in [0.15, 0.2) is 0 Å². The molecule has 90 valence electrons. The third kappa shape index (κ3) is 3.55. The number of aliphatic hydroxyl groups excluding tert-OH is 1. The first-order valence-corrected chi connectivity index (χ1v) is 6.07. The lowest BCUT2D eigenvalue weighted by Gasteiger charge is -2.07. The molecule has 0 saturated carbocycles. The molecule has 1 N–H and O–H groups in total. The second kappa shape index (κ2) is 5.38. The molecule has 4 nitrogen and oxygen atoms in total. The van der Waals surface area contributed by atoms with E-state index in [1.807, 2.05) is 6.92 Å². The molecule has 0 aliphatic carbocycles. The number of benzene rings is 1. The van der Waals surface area contributed by atoms with Gasteiger partial charge in [0.2, 0.25) is 0 Å². The number of rotatable bonds is 5. The standard InChI is InChI=1S/C10H13FO4S/c1-8-2-4-10(5-3-8)16(13,14)15-7-9(11)6-12/h2-5,9,12H,6-7H2,1H3. The summed E-state index contributed by atoms with van der Waals surface area (Å²) in [6.07, 6.45) is -1.69. The molecule has 1 atom stereocenters. The zero-order chi connectivity index (χ0) is 12.2. The topological polar surface area (TPSA) is 63.6 Å². The van der Waals surface area contributed by atoms with Crippen LogP contribution in [0.1, 0.15) is 5.56 Å². The Labute approximate surface area is 93.8 Å². The van der Waals surface area contributed by atoms with Crippen molar-refractivity contribution in [3.05, 3.63) is 29.8 Å².